The number of carboxylic acid groups (broad SMARTS) is 1. The van der Waals surface area contributed by atoms with Crippen LogP contribution in [0.25, 0.3) is 11.1 Å². The molecule has 0 heterocycles. The van der Waals surface area contributed by atoms with Gasteiger partial charge in [0.25, 0.3) is 0 Å². The van der Waals surface area contributed by atoms with Crippen molar-refractivity contribution in [2.45, 2.75) is 38.1 Å². The molecule has 2 amide bonds. The normalized spacial score (nSPS) is 19.2. The second kappa shape index (κ2) is 9.42. The zero-order chi connectivity index (χ0) is 22.7. The van der Waals surface area contributed by atoms with Gasteiger partial charge in [0, 0.05) is 24.4 Å². The Labute approximate surface area is 187 Å². The number of hydrogen-bond donors (Lipinski definition) is 2. The molecule has 7 nitrogen and oxygen atoms in total. The van der Waals surface area contributed by atoms with E-state index in [1.54, 1.807) is 6.92 Å². The highest BCUT2D eigenvalue weighted by atomic mass is 16.5. The van der Waals surface area contributed by atoms with Gasteiger partial charge < -0.3 is 20.1 Å². The number of nitrogens with one attached hydrogen (secondary N) is 1. The molecule has 0 saturated heterocycles. The highest BCUT2D eigenvalue weighted by molar-refractivity contribution is 5.83. The van der Waals surface area contributed by atoms with E-state index >= 15 is 0 Å². The number of ether oxygens (including phenoxy) is 1. The average Bonchev–Trinajstić information content (AvgIpc) is 3.38. The lowest BCUT2D eigenvalue weighted by Crippen LogP contribution is -2.40. The summed E-state index contributed by atoms with van der Waals surface area (Å²) in [6, 6.07) is 16.2. The molecule has 0 unspecified atom stereocenters. The first-order chi connectivity index (χ1) is 15.5. The van der Waals surface area contributed by atoms with Gasteiger partial charge in [-0.05, 0) is 48.4 Å². The summed E-state index contributed by atoms with van der Waals surface area (Å²) in [6.45, 7) is 2.07. The summed E-state index contributed by atoms with van der Waals surface area (Å²) in [7, 11) is 0. The minimum Gasteiger partial charge on any atom is -0.480 e. The lowest BCUT2D eigenvalue weighted by Gasteiger charge is -2.22. The van der Waals surface area contributed by atoms with Crippen molar-refractivity contribution in [1.29, 1.82) is 0 Å². The Kier molecular flexibility index (Phi) is 6.44. The monoisotopic (exact) mass is 436 g/mol. The van der Waals surface area contributed by atoms with E-state index in [0.717, 1.165) is 11.1 Å². The molecule has 32 heavy (non-hydrogen) atoms. The van der Waals surface area contributed by atoms with Gasteiger partial charge in [0.1, 0.15) is 13.2 Å². The molecule has 7 heteroatoms. The molecule has 1 saturated carbocycles. The van der Waals surface area contributed by atoms with Crippen LogP contribution in [-0.4, -0.2) is 53.7 Å². The Morgan fingerprint density at radius 3 is 2.25 bits per heavy atom. The van der Waals surface area contributed by atoms with Gasteiger partial charge in [-0.1, -0.05) is 48.5 Å². The number of carboxylic acids is 1. The summed E-state index contributed by atoms with van der Waals surface area (Å²) in [5.74, 6) is -1.45. The van der Waals surface area contributed by atoms with Crippen molar-refractivity contribution in [3.8, 4) is 11.1 Å². The summed E-state index contributed by atoms with van der Waals surface area (Å²) in [4.78, 5) is 37.4. The van der Waals surface area contributed by atoms with E-state index in [1.165, 1.54) is 16.0 Å². The molecule has 0 spiro atoms. The second-order valence-corrected chi connectivity index (χ2v) is 8.42. The molecule has 2 aliphatic rings. The lowest BCUT2D eigenvalue weighted by atomic mass is 9.98. The molecule has 0 aromatic heterocycles. The largest absolute Gasteiger partial charge is 0.480 e. The highest BCUT2D eigenvalue weighted by Gasteiger charge is 2.34. The molecule has 2 aliphatic carbocycles. The van der Waals surface area contributed by atoms with Crippen molar-refractivity contribution >= 4 is 18.0 Å². The van der Waals surface area contributed by atoms with Gasteiger partial charge in [0.05, 0.1) is 0 Å². The Morgan fingerprint density at radius 1 is 1.03 bits per heavy atom. The number of carbonyl (C=O) groups excluding carboxylic acids is 2. The zero-order valence-electron chi connectivity index (χ0n) is 18.1. The number of nitrogens with zero attached hydrogens (tertiary/aromatic N) is 1. The van der Waals surface area contributed by atoms with Crippen molar-refractivity contribution in [3.63, 3.8) is 0 Å². The SMILES string of the molecule is CCN(CC(=O)O)C(=O)[C@@H]1CC[C@H](NC(=O)OCC2c3ccccc3-c3ccccc32)C1. The van der Waals surface area contributed by atoms with Crippen molar-refractivity contribution in [2.75, 3.05) is 19.7 Å². The maximum absolute atomic E-state index is 12.6. The van der Waals surface area contributed by atoms with Gasteiger partial charge in [0.15, 0.2) is 0 Å². The predicted molar refractivity (Wildman–Crippen MR) is 119 cm³/mol. The molecule has 2 atom stereocenters. The molecular weight excluding hydrogens is 408 g/mol. The van der Waals surface area contributed by atoms with Crippen LogP contribution < -0.4 is 5.32 Å². The minimum atomic E-state index is -1.02. The maximum Gasteiger partial charge on any atom is 0.407 e. The lowest BCUT2D eigenvalue weighted by molar-refractivity contribution is -0.146. The first kappa shape index (κ1) is 21.9. The number of hydrogen-bond acceptors (Lipinski definition) is 4. The quantitative estimate of drug-likeness (QED) is 0.691. The van der Waals surface area contributed by atoms with Crippen molar-refractivity contribution in [2.24, 2.45) is 5.92 Å². The molecule has 2 aromatic rings. The van der Waals surface area contributed by atoms with Crippen LogP contribution in [0.5, 0.6) is 0 Å². The van der Waals surface area contributed by atoms with Gasteiger partial charge in [-0.25, -0.2) is 4.79 Å². The molecule has 0 radical (unpaired) electrons. The molecular formula is C25H28N2O5. The first-order valence-corrected chi connectivity index (χ1v) is 11.1. The minimum absolute atomic E-state index is 0.000172. The predicted octanol–water partition coefficient (Wildman–Crippen LogP) is 3.63. The highest BCUT2D eigenvalue weighted by Crippen LogP contribution is 2.44. The van der Waals surface area contributed by atoms with Crippen LogP contribution in [0.15, 0.2) is 48.5 Å². The number of amides is 2. The van der Waals surface area contributed by atoms with E-state index < -0.39 is 12.1 Å². The van der Waals surface area contributed by atoms with Crippen molar-refractivity contribution in [1.82, 2.24) is 10.2 Å². The summed E-state index contributed by atoms with van der Waals surface area (Å²) in [5.41, 5.74) is 4.67. The van der Waals surface area contributed by atoms with Crippen LogP contribution in [0, 0.1) is 5.92 Å². The van der Waals surface area contributed by atoms with Gasteiger partial charge in [-0.2, -0.15) is 0 Å². The first-order valence-electron chi connectivity index (χ1n) is 11.1. The molecule has 168 valence electrons. The number of carbonyl (C=O) groups is 3. The fraction of sp³-hybridized carbons (Fsp3) is 0.400. The van der Waals surface area contributed by atoms with Gasteiger partial charge in [-0.3, -0.25) is 9.59 Å². The fourth-order valence-electron chi connectivity index (χ4n) is 4.91. The van der Waals surface area contributed by atoms with Crippen LogP contribution in [0.1, 0.15) is 43.2 Å². The number of aliphatic carboxylic acids is 1. The third-order valence-electron chi connectivity index (χ3n) is 6.47. The van der Waals surface area contributed by atoms with E-state index in [1.807, 2.05) is 24.3 Å². The smallest absolute Gasteiger partial charge is 0.407 e. The number of alkyl carbamates (subject to hydrolysis) is 1. The number of fused-ring (bicyclic) bond motifs is 3. The van der Waals surface area contributed by atoms with Crippen LogP contribution in [-0.2, 0) is 14.3 Å². The van der Waals surface area contributed by atoms with E-state index in [-0.39, 0.29) is 36.9 Å². The molecule has 4 rings (SSSR count). The van der Waals surface area contributed by atoms with Gasteiger partial charge in [0.2, 0.25) is 5.91 Å². The number of rotatable bonds is 7. The molecule has 0 bridgehead atoms. The fourth-order valence-corrected chi connectivity index (χ4v) is 4.91. The molecule has 2 aromatic carbocycles. The van der Waals surface area contributed by atoms with Crippen LogP contribution >= 0.6 is 0 Å². The third-order valence-corrected chi connectivity index (χ3v) is 6.47. The Morgan fingerprint density at radius 2 is 1.66 bits per heavy atom. The van der Waals surface area contributed by atoms with Gasteiger partial charge >= 0.3 is 12.1 Å². The summed E-state index contributed by atoms with van der Waals surface area (Å²) in [6.07, 6.45) is 1.32. The Balaban J connectivity index is 1.32. The summed E-state index contributed by atoms with van der Waals surface area (Å²) in [5, 5.41) is 11.9. The van der Waals surface area contributed by atoms with Crippen molar-refractivity contribution < 1.29 is 24.2 Å². The average molecular weight is 437 g/mol. The van der Waals surface area contributed by atoms with E-state index in [4.69, 9.17) is 9.84 Å². The Bertz CT molecular complexity index is 975. The maximum atomic E-state index is 12.6. The molecule has 0 aliphatic heterocycles. The number of benzene rings is 2. The zero-order valence-corrected chi connectivity index (χ0v) is 18.1. The van der Waals surface area contributed by atoms with Crippen LogP contribution in [0.4, 0.5) is 4.79 Å². The topological polar surface area (TPSA) is 95.9 Å². The number of likely N-dealkylation sites (N-methyl/N-ethyl adjacent to an activating group) is 1. The van der Waals surface area contributed by atoms with E-state index in [2.05, 4.69) is 29.6 Å². The molecule has 2 N–H and O–H groups in total. The Hall–Kier alpha value is -3.35. The van der Waals surface area contributed by atoms with E-state index in [9.17, 15) is 14.4 Å². The second-order valence-electron chi connectivity index (χ2n) is 8.42. The van der Waals surface area contributed by atoms with Crippen molar-refractivity contribution in [3.05, 3.63) is 59.7 Å². The summed E-state index contributed by atoms with van der Waals surface area (Å²) >= 11 is 0. The van der Waals surface area contributed by atoms with Crippen LogP contribution in [0.3, 0.4) is 0 Å². The molecule has 1 fully saturated rings. The summed E-state index contributed by atoms with van der Waals surface area (Å²) < 4.78 is 5.60. The van der Waals surface area contributed by atoms with Crippen LogP contribution in [0.2, 0.25) is 0 Å². The van der Waals surface area contributed by atoms with Gasteiger partial charge in [-0.15, -0.1) is 0 Å². The third kappa shape index (κ3) is 4.47. The standard InChI is InChI=1S/C25H28N2O5/c1-2-27(14-23(28)29)24(30)16-11-12-17(13-16)26-25(31)32-15-22-20-9-5-3-7-18(20)19-8-4-6-10-21(19)22/h3-10,16-17,22H,2,11-15H2,1H3,(H,26,31)(H,28,29)/t16-,17+/m1/s1. The van der Waals surface area contributed by atoms with E-state index in [0.29, 0.717) is 25.8 Å².